The highest BCUT2D eigenvalue weighted by Gasteiger charge is 2.30. The number of benzene rings is 1. The third-order valence-electron chi connectivity index (χ3n) is 5.96. The Bertz CT molecular complexity index is 704. The van der Waals surface area contributed by atoms with Gasteiger partial charge in [-0.3, -0.25) is 0 Å². The average Bonchev–Trinajstić information content (AvgIpc) is 2.83. The second-order valence-electron chi connectivity index (χ2n) is 9.18. The van der Waals surface area contributed by atoms with Gasteiger partial charge in [0, 0.05) is 0 Å². The topological polar surface area (TPSA) is 52.6 Å². The van der Waals surface area contributed by atoms with Crippen LogP contribution in [0.15, 0.2) is 24.3 Å². The lowest BCUT2D eigenvalue weighted by molar-refractivity contribution is -0.161. The molecular weight excluding hydrogens is 457 g/mol. The number of carbonyl (C=O) groups excluding carboxylic acids is 2. The summed E-state index contributed by atoms with van der Waals surface area (Å²) >= 11 is 0. The SMILES string of the molecule is CCCCCCCCCCCCCCCCCCOC(=O)c1ccccc1C(=O)OCC(F)(F)F. The Kier molecular flexibility index (Phi) is 17.0. The Morgan fingerprint density at radius 1 is 0.629 bits per heavy atom. The van der Waals surface area contributed by atoms with Crippen LogP contribution in [-0.2, 0) is 9.47 Å². The molecule has 0 aliphatic carbocycles. The summed E-state index contributed by atoms with van der Waals surface area (Å²) in [6.45, 7) is 0.760. The molecule has 0 atom stereocenters. The van der Waals surface area contributed by atoms with Crippen molar-refractivity contribution in [3.05, 3.63) is 35.4 Å². The molecule has 1 rings (SSSR count). The van der Waals surface area contributed by atoms with E-state index in [1.54, 1.807) is 0 Å². The second kappa shape index (κ2) is 19.2. The number of rotatable bonds is 20. The normalized spacial score (nSPS) is 11.4. The molecule has 0 radical (unpaired) electrons. The molecule has 200 valence electrons. The van der Waals surface area contributed by atoms with E-state index in [9.17, 15) is 22.8 Å². The molecule has 0 N–H and O–H groups in total. The van der Waals surface area contributed by atoms with E-state index in [4.69, 9.17) is 4.74 Å². The van der Waals surface area contributed by atoms with E-state index in [0.29, 0.717) is 6.42 Å². The first-order chi connectivity index (χ1) is 16.8. The maximum absolute atomic E-state index is 12.3. The maximum atomic E-state index is 12.3. The molecule has 0 saturated heterocycles. The first kappa shape index (κ1) is 31.0. The zero-order chi connectivity index (χ0) is 25.8. The van der Waals surface area contributed by atoms with Crippen LogP contribution in [0, 0.1) is 0 Å². The molecule has 0 unspecified atom stereocenters. The van der Waals surface area contributed by atoms with Crippen molar-refractivity contribution in [3.63, 3.8) is 0 Å². The van der Waals surface area contributed by atoms with Crippen LogP contribution in [-0.4, -0.2) is 31.3 Å². The van der Waals surface area contributed by atoms with E-state index in [1.165, 1.54) is 108 Å². The van der Waals surface area contributed by atoms with E-state index in [1.807, 2.05) is 0 Å². The van der Waals surface area contributed by atoms with E-state index >= 15 is 0 Å². The Hall–Kier alpha value is -2.05. The van der Waals surface area contributed by atoms with Crippen LogP contribution in [0.3, 0.4) is 0 Å². The van der Waals surface area contributed by atoms with Gasteiger partial charge in [0.15, 0.2) is 6.61 Å². The van der Waals surface area contributed by atoms with Crippen LogP contribution in [0.1, 0.15) is 130 Å². The predicted molar refractivity (Wildman–Crippen MR) is 133 cm³/mol. The van der Waals surface area contributed by atoms with Crippen molar-refractivity contribution >= 4 is 11.9 Å². The molecule has 0 aromatic heterocycles. The zero-order valence-electron chi connectivity index (χ0n) is 21.3. The fourth-order valence-electron chi connectivity index (χ4n) is 3.96. The summed E-state index contributed by atoms with van der Waals surface area (Å²) in [7, 11) is 0. The molecular formula is C28H43F3O4. The molecule has 0 bridgehead atoms. The standard InChI is InChI=1S/C28H43F3O4/c1-2-3-4-5-6-7-8-9-10-11-12-13-14-15-16-19-22-34-26(32)24-20-17-18-21-25(24)27(33)35-23-28(29,30)31/h17-18,20-21H,2-16,19,22-23H2,1H3. The van der Waals surface area contributed by atoms with Crippen LogP contribution >= 0.6 is 0 Å². The molecule has 1 aromatic carbocycles. The summed E-state index contributed by atoms with van der Waals surface area (Å²) in [4.78, 5) is 24.2. The summed E-state index contributed by atoms with van der Waals surface area (Å²) < 4.78 is 46.3. The monoisotopic (exact) mass is 500 g/mol. The number of halogens is 3. The van der Waals surface area contributed by atoms with Crippen LogP contribution in [0.5, 0.6) is 0 Å². The van der Waals surface area contributed by atoms with Gasteiger partial charge in [-0.2, -0.15) is 13.2 Å². The van der Waals surface area contributed by atoms with E-state index in [0.717, 1.165) is 12.8 Å². The number of esters is 2. The average molecular weight is 501 g/mol. The smallest absolute Gasteiger partial charge is 0.422 e. The predicted octanol–water partition coefficient (Wildman–Crippen LogP) is 8.82. The molecule has 0 saturated carbocycles. The van der Waals surface area contributed by atoms with Crippen LogP contribution in [0.25, 0.3) is 0 Å². The van der Waals surface area contributed by atoms with E-state index in [-0.39, 0.29) is 17.7 Å². The third kappa shape index (κ3) is 16.3. The van der Waals surface area contributed by atoms with E-state index in [2.05, 4.69) is 11.7 Å². The van der Waals surface area contributed by atoms with Crippen molar-refractivity contribution in [2.45, 2.75) is 116 Å². The van der Waals surface area contributed by atoms with Crippen molar-refractivity contribution in [3.8, 4) is 0 Å². The zero-order valence-corrected chi connectivity index (χ0v) is 21.3. The molecule has 4 nitrogen and oxygen atoms in total. The molecule has 0 amide bonds. The summed E-state index contributed by atoms with van der Waals surface area (Å²) in [5.74, 6) is -1.93. The lowest BCUT2D eigenvalue weighted by Gasteiger charge is -2.11. The first-order valence-corrected chi connectivity index (χ1v) is 13.3. The molecule has 0 aliphatic rings. The van der Waals surface area contributed by atoms with Crippen LogP contribution in [0.2, 0.25) is 0 Å². The van der Waals surface area contributed by atoms with Gasteiger partial charge < -0.3 is 9.47 Å². The molecule has 0 spiro atoms. The highest BCUT2D eigenvalue weighted by atomic mass is 19.4. The third-order valence-corrected chi connectivity index (χ3v) is 5.96. The lowest BCUT2D eigenvalue weighted by atomic mass is 10.0. The minimum absolute atomic E-state index is 0.0869. The molecule has 1 aromatic rings. The Morgan fingerprint density at radius 3 is 1.40 bits per heavy atom. The Balaban J connectivity index is 2.06. The number of ether oxygens (including phenoxy) is 2. The van der Waals surface area contributed by atoms with Crippen molar-refractivity contribution in [1.29, 1.82) is 0 Å². The maximum Gasteiger partial charge on any atom is 0.422 e. The van der Waals surface area contributed by atoms with Gasteiger partial charge in [0.2, 0.25) is 0 Å². The van der Waals surface area contributed by atoms with Gasteiger partial charge in [-0.05, 0) is 18.6 Å². The van der Waals surface area contributed by atoms with Gasteiger partial charge >= 0.3 is 18.1 Å². The minimum Gasteiger partial charge on any atom is -0.462 e. The van der Waals surface area contributed by atoms with Gasteiger partial charge in [0.25, 0.3) is 0 Å². The molecule has 0 fully saturated rings. The quantitative estimate of drug-likeness (QED) is 0.133. The summed E-state index contributed by atoms with van der Waals surface area (Å²) in [6.07, 6.45) is 15.3. The van der Waals surface area contributed by atoms with Gasteiger partial charge in [-0.25, -0.2) is 9.59 Å². The first-order valence-electron chi connectivity index (χ1n) is 13.3. The second-order valence-corrected chi connectivity index (χ2v) is 9.18. The molecule has 35 heavy (non-hydrogen) atoms. The number of alkyl halides is 3. The van der Waals surface area contributed by atoms with Crippen molar-refractivity contribution in [2.24, 2.45) is 0 Å². The Labute approximate surface area is 209 Å². The lowest BCUT2D eigenvalue weighted by Crippen LogP contribution is -2.22. The highest BCUT2D eigenvalue weighted by Crippen LogP contribution is 2.18. The van der Waals surface area contributed by atoms with Gasteiger partial charge in [0.05, 0.1) is 17.7 Å². The van der Waals surface area contributed by atoms with Crippen LogP contribution in [0.4, 0.5) is 13.2 Å². The van der Waals surface area contributed by atoms with Gasteiger partial charge in [0.1, 0.15) is 0 Å². The van der Waals surface area contributed by atoms with Gasteiger partial charge in [-0.1, -0.05) is 115 Å². The molecule has 0 heterocycles. The van der Waals surface area contributed by atoms with Crippen molar-refractivity contribution in [2.75, 3.05) is 13.2 Å². The summed E-state index contributed by atoms with van der Waals surface area (Å²) in [5, 5.41) is 0. The molecule has 0 aliphatic heterocycles. The summed E-state index contributed by atoms with van der Waals surface area (Å²) in [6, 6.07) is 5.58. The number of hydrogen-bond donors (Lipinski definition) is 0. The summed E-state index contributed by atoms with van der Waals surface area (Å²) in [5.41, 5.74) is -0.315. The van der Waals surface area contributed by atoms with Crippen molar-refractivity contribution in [1.82, 2.24) is 0 Å². The van der Waals surface area contributed by atoms with Gasteiger partial charge in [-0.15, -0.1) is 0 Å². The highest BCUT2D eigenvalue weighted by molar-refractivity contribution is 6.03. The fraction of sp³-hybridized carbons (Fsp3) is 0.714. The number of carbonyl (C=O) groups is 2. The fourth-order valence-corrected chi connectivity index (χ4v) is 3.96. The number of hydrogen-bond acceptors (Lipinski definition) is 4. The van der Waals surface area contributed by atoms with Crippen molar-refractivity contribution < 1.29 is 32.2 Å². The minimum atomic E-state index is -4.63. The van der Waals surface area contributed by atoms with E-state index < -0.39 is 24.7 Å². The Morgan fingerprint density at radius 2 is 1.00 bits per heavy atom. The largest absolute Gasteiger partial charge is 0.462 e. The van der Waals surface area contributed by atoms with Crippen LogP contribution < -0.4 is 0 Å². The molecule has 7 heteroatoms. The number of unbranched alkanes of at least 4 members (excludes halogenated alkanes) is 15.